The van der Waals surface area contributed by atoms with Gasteiger partial charge in [-0.15, -0.1) is 11.3 Å². The number of aromatic nitrogens is 1. The molecule has 0 amide bonds. The SMILES string of the molecule is N#Cc1ccc(-c2cccs2)nc1SCC(=O)c1ccc(F)cc1. The average molecular weight is 354 g/mol. The molecule has 1 aromatic carbocycles. The minimum atomic E-state index is -0.378. The van der Waals surface area contributed by atoms with Gasteiger partial charge in [-0.1, -0.05) is 17.8 Å². The summed E-state index contributed by atoms with van der Waals surface area (Å²) in [5, 5.41) is 11.7. The van der Waals surface area contributed by atoms with E-state index < -0.39 is 0 Å². The van der Waals surface area contributed by atoms with E-state index in [4.69, 9.17) is 0 Å². The zero-order valence-electron chi connectivity index (χ0n) is 12.4. The molecule has 2 aromatic heterocycles. The van der Waals surface area contributed by atoms with Crippen molar-refractivity contribution in [3.8, 4) is 16.6 Å². The van der Waals surface area contributed by atoms with Crippen molar-refractivity contribution in [3.63, 3.8) is 0 Å². The van der Waals surface area contributed by atoms with Gasteiger partial charge in [-0.2, -0.15) is 5.26 Å². The summed E-state index contributed by atoms with van der Waals surface area (Å²) < 4.78 is 12.9. The molecule has 24 heavy (non-hydrogen) atoms. The van der Waals surface area contributed by atoms with Gasteiger partial charge in [0.05, 0.1) is 21.9 Å². The Kier molecular flexibility index (Phi) is 5.04. The third kappa shape index (κ3) is 3.70. The van der Waals surface area contributed by atoms with Crippen molar-refractivity contribution < 1.29 is 9.18 Å². The molecule has 0 unspecified atom stereocenters. The monoisotopic (exact) mass is 354 g/mol. The third-order valence-corrected chi connectivity index (χ3v) is 5.14. The number of thiophene rings is 1. The molecule has 6 heteroatoms. The van der Waals surface area contributed by atoms with Gasteiger partial charge in [0.2, 0.25) is 0 Å². The summed E-state index contributed by atoms with van der Waals surface area (Å²) in [5.74, 6) is -0.371. The van der Waals surface area contributed by atoms with Crippen molar-refractivity contribution in [2.24, 2.45) is 0 Å². The van der Waals surface area contributed by atoms with Crippen LogP contribution in [0.15, 0.2) is 58.9 Å². The summed E-state index contributed by atoms with van der Waals surface area (Å²) in [5.41, 5.74) is 1.66. The van der Waals surface area contributed by atoms with Gasteiger partial charge in [-0.3, -0.25) is 4.79 Å². The summed E-state index contributed by atoms with van der Waals surface area (Å²) in [6.07, 6.45) is 0. The molecule has 0 spiro atoms. The van der Waals surface area contributed by atoms with Gasteiger partial charge in [-0.05, 0) is 47.8 Å². The zero-order valence-corrected chi connectivity index (χ0v) is 14.0. The predicted molar refractivity (Wildman–Crippen MR) is 93.7 cm³/mol. The summed E-state index contributed by atoms with van der Waals surface area (Å²) >= 11 is 2.78. The summed E-state index contributed by atoms with van der Waals surface area (Å²) in [6.45, 7) is 0. The summed E-state index contributed by atoms with van der Waals surface area (Å²) in [6, 6.07) is 14.9. The first-order chi connectivity index (χ1) is 11.7. The molecule has 3 aromatic rings. The van der Waals surface area contributed by atoms with Gasteiger partial charge in [0, 0.05) is 5.56 Å². The van der Waals surface area contributed by atoms with Gasteiger partial charge >= 0.3 is 0 Å². The number of ketones is 1. The second kappa shape index (κ2) is 7.39. The van der Waals surface area contributed by atoms with E-state index in [-0.39, 0.29) is 17.4 Å². The minimum absolute atomic E-state index is 0.132. The normalized spacial score (nSPS) is 10.3. The van der Waals surface area contributed by atoms with E-state index in [1.165, 1.54) is 36.0 Å². The molecule has 0 saturated heterocycles. The number of rotatable bonds is 5. The van der Waals surface area contributed by atoms with Crippen molar-refractivity contribution in [1.29, 1.82) is 5.26 Å². The standard InChI is InChI=1S/C18H11FN2OS2/c19-14-6-3-12(4-7-14)16(22)11-24-18-13(10-20)5-8-15(21-18)17-2-1-9-23-17/h1-9H,11H2. The Balaban J connectivity index is 1.79. The number of nitriles is 1. The van der Waals surface area contributed by atoms with Crippen LogP contribution in [-0.4, -0.2) is 16.5 Å². The lowest BCUT2D eigenvalue weighted by Crippen LogP contribution is -2.03. The Morgan fingerprint density at radius 2 is 2.00 bits per heavy atom. The molecule has 3 rings (SSSR count). The predicted octanol–water partition coefficient (Wildman–Crippen LogP) is 4.80. The Morgan fingerprint density at radius 1 is 1.21 bits per heavy atom. The van der Waals surface area contributed by atoms with E-state index in [1.807, 2.05) is 17.5 Å². The second-order valence-electron chi connectivity index (χ2n) is 4.86. The number of nitrogens with zero attached hydrogens (tertiary/aromatic N) is 2. The Labute approximate surface area is 146 Å². The molecule has 0 aliphatic rings. The van der Waals surface area contributed by atoms with Gasteiger partial charge in [0.25, 0.3) is 0 Å². The summed E-state index contributed by atoms with van der Waals surface area (Å²) in [4.78, 5) is 17.7. The van der Waals surface area contributed by atoms with Crippen molar-refractivity contribution >= 4 is 28.9 Å². The van der Waals surface area contributed by atoms with E-state index in [1.54, 1.807) is 23.5 Å². The van der Waals surface area contributed by atoms with E-state index in [9.17, 15) is 14.4 Å². The van der Waals surface area contributed by atoms with Crippen molar-refractivity contribution in [1.82, 2.24) is 4.98 Å². The molecule has 0 N–H and O–H groups in total. The number of hydrogen-bond acceptors (Lipinski definition) is 5. The molecule has 0 saturated carbocycles. The van der Waals surface area contributed by atoms with Crippen LogP contribution >= 0.6 is 23.1 Å². The third-order valence-electron chi connectivity index (χ3n) is 3.26. The average Bonchev–Trinajstić information content (AvgIpc) is 3.14. The fourth-order valence-corrected chi connectivity index (χ4v) is 3.61. The van der Waals surface area contributed by atoms with E-state index in [0.717, 1.165) is 10.6 Å². The molecular weight excluding hydrogens is 343 g/mol. The molecular formula is C18H11FN2OS2. The Hall–Kier alpha value is -2.49. The lowest BCUT2D eigenvalue weighted by atomic mass is 10.1. The zero-order chi connectivity index (χ0) is 16.9. The number of pyridine rings is 1. The van der Waals surface area contributed by atoms with Crippen LogP contribution in [0.25, 0.3) is 10.6 Å². The van der Waals surface area contributed by atoms with Crippen LogP contribution in [0.1, 0.15) is 15.9 Å². The van der Waals surface area contributed by atoms with Gasteiger partial charge in [0.1, 0.15) is 16.9 Å². The van der Waals surface area contributed by atoms with Crippen LogP contribution in [0.2, 0.25) is 0 Å². The largest absolute Gasteiger partial charge is 0.293 e. The van der Waals surface area contributed by atoms with Crippen LogP contribution < -0.4 is 0 Å². The number of halogens is 1. The molecule has 2 heterocycles. The second-order valence-corrected chi connectivity index (χ2v) is 6.77. The number of benzene rings is 1. The Bertz CT molecular complexity index is 900. The highest BCUT2D eigenvalue weighted by Gasteiger charge is 2.12. The van der Waals surface area contributed by atoms with Crippen LogP contribution in [0.4, 0.5) is 4.39 Å². The first-order valence-corrected chi connectivity index (χ1v) is 8.90. The van der Waals surface area contributed by atoms with Crippen LogP contribution in [0, 0.1) is 17.1 Å². The number of Topliss-reactive ketones (excluding diaryl/α,β-unsaturated/α-hetero) is 1. The molecule has 0 aliphatic carbocycles. The maximum absolute atomic E-state index is 12.9. The van der Waals surface area contributed by atoms with Crippen LogP contribution in [-0.2, 0) is 0 Å². The quantitative estimate of drug-likeness (QED) is 0.488. The lowest BCUT2D eigenvalue weighted by molar-refractivity contribution is 0.102. The maximum atomic E-state index is 12.9. The van der Waals surface area contributed by atoms with Gasteiger partial charge in [-0.25, -0.2) is 9.37 Å². The van der Waals surface area contributed by atoms with E-state index in [0.29, 0.717) is 16.2 Å². The highest BCUT2D eigenvalue weighted by Crippen LogP contribution is 2.28. The van der Waals surface area contributed by atoms with Gasteiger partial charge < -0.3 is 0 Å². The fourth-order valence-electron chi connectivity index (χ4n) is 2.05. The number of thioether (sulfide) groups is 1. The number of hydrogen-bond donors (Lipinski definition) is 0. The van der Waals surface area contributed by atoms with Crippen molar-refractivity contribution in [3.05, 3.63) is 70.9 Å². The topological polar surface area (TPSA) is 53.8 Å². The first kappa shape index (κ1) is 16.4. The molecule has 0 aliphatic heterocycles. The van der Waals surface area contributed by atoms with Gasteiger partial charge in [0.15, 0.2) is 5.78 Å². The minimum Gasteiger partial charge on any atom is -0.293 e. The number of carbonyl (C=O) groups excluding carboxylic acids is 1. The molecule has 0 atom stereocenters. The number of carbonyl (C=O) groups is 1. The van der Waals surface area contributed by atoms with Crippen LogP contribution in [0.5, 0.6) is 0 Å². The van der Waals surface area contributed by atoms with Crippen molar-refractivity contribution in [2.75, 3.05) is 5.75 Å². The molecule has 0 bridgehead atoms. The smallest absolute Gasteiger partial charge is 0.173 e. The van der Waals surface area contributed by atoms with Crippen LogP contribution in [0.3, 0.4) is 0 Å². The maximum Gasteiger partial charge on any atom is 0.173 e. The van der Waals surface area contributed by atoms with Crippen molar-refractivity contribution in [2.45, 2.75) is 5.03 Å². The molecule has 0 radical (unpaired) electrons. The van der Waals surface area contributed by atoms with E-state index >= 15 is 0 Å². The summed E-state index contributed by atoms with van der Waals surface area (Å²) in [7, 11) is 0. The fraction of sp³-hybridized carbons (Fsp3) is 0.0556. The first-order valence-electron chi connectivity index (χ1n) is 7.04. The highest BCUT2D eigenvalue weighted by molar-refractivity contribution is 8.00. The molecule has 3 nitrogen and oxygen atoms in total. The Morgan fingerprint density at radius 3 is 2.67 bits per heavy atom. The lowest BCUT2D eigenvalue weighted by Gasteiger charge is -2.05. The molecule has 0 fully saturated rings. The van der Waals surface area contributed by atoms with E-state index in [2.05, 4.69) is 11.1 Å². The molecule has 118 valence electrons. The highest BCUT2D eigenvalue weighted by atomic mass is 32.2.